The normalized spacial score (nSPS) is 16.1. The van der Waals surface area contributed by atoms with E-state index < -0.39 is 19.3 Å². The molecule has 0 bridgehead atoms. The molecule has 0 heterocycles. The Bertz CT molecular complexity index is 221. The molecule has 2 unspecified atom stereocenters. The maximum absolute atomic E-state index is 11.4. The molecular formula is C8H17NO4P+. The highest BCUT2D eigenvalue weighted by Crippen LogP contribution is 2.38. The Balaban J connectivity index is 4.25. The molecule has 2 atom stereocenters. The molecule has 0 amide bonds. The molecule has 0 saturated carbocycles. The molecule has 14 heavy (non-hydrogen) atoms. The van der Waals surface area contributed by atoms with E-state index in [0.717, 1.165) is 12.8 Å². The van der Waals surface area contributed by atoms with Crippen LogP contribution in [0.3, 0.4) is 0 Å². The number of aliphatic carboxylic acids is 1. The number of hydrogen-bond acceptors (Lipinski definition) is 4. The summed E-state index contributed by atoms with van der Waals surface area (Å²) in [7, 11) is -2.35. The van der Waals surface area contributed by atoms with Gasteiger partial charge in [-0.1, -0.05) is 20.3 Å². The summed E-state index contributed by atoms with van der Waals surface area (Å²) in [5.41, 5.74) is 5.46. The van der Waals surface area contributed by atoms with Crippen molar-refractivity contribution in [3.63, 3.8) is 0 Å². The number of carboxylic acid groups (broad SMARTS) is 1. The molecular weight excluding hydrogens is 205 g/mol. The fraction of sp³-hybridized carbons (Fsp3) is 0.875. The minimum Gasteiger partial charge on any atom is -0.477 e. The zero-order valence-corrected chi connectivity index (χ0v) is 9.42. The van der Waals surface area contributed by atoms with Crippen LogP contribution in [0, 0.1) is 0 Å². The average Bonchev–Trinajstić information content (AvgIpc) is 2.16. The first-order valence-electron chi connectivity index (χ1n) is 4.61. The minimum absolute atomic E-state index is 0.0870. The van der Waals surface area contributed by atoms with Crippen LogP contribution in [0.5, 0.6) is 0 Å². The van der Waals surface area contributed by atoms with Gasteiger partial charge >= 0.3 is 19.3 Å². The standard InChI is InChI=1S/C8H16NO4P/c1-3-5-6-13-14(12)8(9,4-2)7(10)11/h3-6,9H2,1-2H3/p+1. The van der Waals surface area contributed by atoms with Gasteiger partial charge in [0, 0.05) is 6.42 Å². The first kappa shape index (κ1) is 13.5. The van der Waals surface area contributed by atoms with Crippen molar-refractivity contribution < 1.29 is 19.0 Å². The van der Waals surface area contributed by atoms with Gasteiger partial charge < -0.3 is 5.11 Å². The molecule has 0 aliphatic rings. The highest BCUT2D eigenvalue weighted by molar-refractivity contribution is 7.42. The predicted molar refractivity (Wildman–Crippen MR) is 53.3 cm³/mol. The summed E-state index contributed by atoms with van der Waals surface area (Å²) in [5.74, 6) is -1.28. The fourth-order valence-corrected chi connectivity index (χ4v) is 1.71. The number of unbranched alkanes of at least 4 members (excludes halogenated alkanes) is 1. The van der Waals surface area contributed by atoms with E-state index in [4.69, 9.17) is 15.4 Å². The van der Waals surface area contributed by atoms with Crippen LogP contribution in [-0.2, 0) is 13.9 Å². The van der Waals surface area contributed by atoms with Gasteiger partial charge in [0.15, 0.2) is 0 Å². The maximum atomic E-state index is 11.4. The van der Waals surface area contributed by atoms with E-state index in [-0.39, 0.29) is 13.0 Å². The third kappa shape index (κ3) is 3.33. The second-order valence-corrected chi connectivity index (χ2v) is 4.60. The van der Waals surface area contributed by atoms with Gasteiger partial charge in [0.05, 0.1) is 0 Å². The molecule has 6 heteroatoms. The Kier molecular flexibility index (Phi) is 5.84. The third-order valence-corrected chi connectivity index (χ3v) is 3.52. The molecule has 0 aliphatic heterocycles. The summed E-state index contributed by atoms with van der Waals surface area (Å²) in [5, 5.41) is 7.02. The lowest BCUT2D eigenvalue weighted by Crippen LogP contribution is -2.44. The molecule has 0 spiro atoms. The summed E-state index contributed by atoms with van der Waals surface area (Å²) >= 11 is 0. The van der Waals surface area contributed by atoms with Crippen LogP contribution in [0.1, 0.15) is 33.1 Å². The Morgan fingerprint density at radius 3 is 2.50 bits per heavy atom. The highest BCUT2D eigenvalue weighted by Gasteiger charge is 2.54. The van der Waals surface area contributed by atoms with E-state index in [1.165, 1.54) is 0 Å². The van der Waals surface area contributed by atoms with Crippen molar-refractivity contribution in [1.29, 1.82) is 0 Å². The van der Waals surface area contributed by atoms with Crippen molar-refractivity contribution >= 4 is 14.0 Å². The second kappa shape index (κ2) is 6.06. The SMILES string of the molecule is CCCCO[P+](=O)C(N)(CC)C(=O)O. The molecule has 0 fully saturated rings. The molecule has 5 nitrogen and oxygen atoms in total. The van der Waals surface area contributed by atoms with Crippen LogP contribution in [0.15, 0.2) is 0 Å². The lowest BCUT2D eigenvalue weighted by atomic mass is 10.2. The summed E-state index contributed by atoms with van der Waals surface area (Å²) in [6, 6.07) is 0. The Labute approximate surface area is 84.5 Å². The molecule has 0 saturated heterocycles. The molecule has 0 aromatic carbocycles. The van der Waals surface area contributed by atoms with Gasteiger partial charge in [-0.25, -0.2) is 4.79 Å². The summed E-state index contributed by atoms with van der Waals surface area (Å²) < 4.78 is 16.3. The number of hydrogen-bond donors (Lipinski definition) is 2. The zero-order chi connectivity index (χ0) is 11.2. The largest absolute Gasteiger partial charge is 0.542 e. The Hall–Kier alpha value is -0.510. The molecule has 0 aliphatic carbocycles. The van der Waals surface area contributed by atoms with E-state index in [0.29, 0.717) is 0 Å². The molecule has 3 N–H and O–H groups in total. The van der Waals surface area contributed by atoms with Crippen LogP contribution in [-0.4, -0.2) is 23.0 Å². The number of rotatable bonds is 7. The molecule has 0 rings (SSSR count). The summed E-state index contributed by atoms with van der Waals surface area (Å²) in [4.78, 5) is 10.7. The molecule has 82 valence electrons. The van der Waals surface area contributed by atoms with Crippen LogP contribution in [0.2, 0.25) is 0 Å². The summed E-state index contributed by atoms with van der Waals surface area (Å²) in [6.45, 7) is 3.83. The van der Waals surface area contributed by atoms with E-state index in [9.17, 15) is 9.36 Å². The van der Waals surface area contributed by atoms with E-state index in [1.807, 2.05) is 6.92 Å². The quantitative estimate of drug-likeness (QED) is 0.505. The van der Waals surface area contributed by atoms with E-state index >= 15 is 0 Å². The number of carboxylic acids is 1. The second-order valence-electron chi connectivity index (χ2n) is 3.03. The first-order chi connectivity index (χ1) is 6.49. The summed E-state index contributed by atoms with van der Waals surface area (Å²) in [6.07, 6.45) is 1.74. The lowest BCUT2D eigenvalue weighted by molar-refractivity contribution is -0.140. The van der Waals surface area contributed by atoms with Crippen molar-refractivity contribution in [1.82, 2.24) is 0 Å². The maximum Gasteiger partial charge on any atom is 0.542 e. The monoisotopic (exact) mass is 222 g/mol. The van der Waals surface area contributed by atoms with Crippen LogP contribution < -0.4 is 5.73 Å². The van der Waals surface area contributed by atoms with E-state index in [1.54, 1.807) is 6.92 Å². The van der Waals surface area contributed by atoms with Gasteiger partial charge in [-0.3, -0.25) is 5.73 Å². The average molecular weight is 222 g/mol. The third-order valence-electron chi connectivity index (χ3n) is 1.94. The van der Waals surface area contributed by atoms with Crippen LogP contribution in [0.4, 0.5) is 0 Å². The van der Waals surface area contributed by atoms with Gasteiger partial charge in [-0.15, -0.1) is 4.52 Å². The van der Waals surface area contributed by atoms with Crippen molar-refractivity contribution in [3.8, 4) is 0 Å². The van der Waals surface area contributed by atoms with Crippen molar-refractivity contribution in [2.45, 2.75) is 38.4 Å². The van der Waals surface area contributed by atoms with Crippen molar-refractivity contribution in [3.05, 3.63) is 0 Å². The fourth-order valence-electron chi connectivity index (χ4n) is 0.765. The number of nitrogens with two attached hydrogens (primary N) is 1. The van der Waals surface area contributed by atoms with Gasteiger partial charge in [0.25, 0.3) is 0 Å². The smallest absolute Gasteiger partial charge is 0.477 e. The molecule has 0 aromatic rings. The van der Waals surface area contributed by atoms with Crippen molar-refractivity contribution in [2.24, 2.45) is 5.73 Å². The van der Waals surface area contributed by atoms with Gasteiger partial charge in [0.1, 0.15) is 6.61 Å². The minimum atomic E-state index is -2.35. The van der Waals surface area contributed by atoms with Crippen LogP contribution in [0.25, 0.3) is 0 Å². The van der Waals surface area contributed by atoms with Gasteiger partial charge in [-0.05, 0) is 11.0 Å². The topological polar surface area (TPSA) is 89.6 Å². The van der Waals surface area contributed by atoms with Gasteiger partial charge in [-0.2, -0.15) is 0 Å². The highest BCUT2D eigenvalue weighted by atomic mass is 31.1. The Morgan fingerprint density at radius 2 is 2.14 bits per heavy atom. The lowest BCUT2D eigenvalue weighted by Gasteiger charge is -2.09. The predicted octanol–water partition coefficient (Wildman–Crippen LogP) is 1.70. The molecule has 0 aromatic heterocycles. The number of carbonyl (C=O) groups is 1. The first-order valence-corrected chi connectivity index (χ1v) is 5.79. The van der Waals surface area contributed by atoms with Crippen molar-refractivity contribution in [2.75, 3.05) is 6.61 Å². The van der Waals surface area contributed by atoms with Gasteiger partial charge in [0.2, 0.25) is 0 Å². The molecule has 0 radical (unpaired) electrons. The van der Waals surface area contributed by atoms with E-state index in [2.05, 4.69) is 0 Å². The Morgan fingerprint density at radius 1 is 1.57 bits per heavy atom. The van der Waals surface area contributed by atoms with Crippen LogP contribution >= 0.6 is 8.03 Å². The zero-order valence-electron chi connectivity index (χ0n) is 8.52.